The van der Waals surface area contributed by atoms with Crippen LogP contribution in [0.4, 0.5) is 5.82 Å². The van der Waals surface area contributed by atoms with Crippen LogP contribution in [0, 0.1) is 0 Å². The maximum Gasteiger partial charge on any atom is 0.135 e. The van der Waals surface area contributed by atoms with E-state index in [4.69, 9.17) is 0 Å². The van der Waals surface area contributed by atoms with Crippen molar-refractivity contribution < 1.29 is 0 Å². The van der Waals surface area contributed by atoms with Gasteiger partial charge in [0.25, 0.3) is 0 Å². The molecule has 23 heavy (non-hydrogen) atoms. The van der Waals surface area contributed by atoms with E-state index in [0.717, 1.165) is 44.2 Å². The Labute approximate surface area is 139 Å². The van der Waals surface area contributed by atoms with Gasteiger partial charge in [0.15, 0.2) is 0 Å². The lowest BCUT2D eigenvalue weighted by molar-refractivity contribution is 0.264. The van der Waals surface area contributed by atoms with Crippen LogP contribution in [-0.4, -0.2) is 34.5 Å². The van der Waals surface area contributed by atoms with Gasteiger partial charge in [-0.2, -0.15) is 0 Å². The molecule has 3 rings (SSSR count). The largest absolute Gasteiger partial charge is 0.369 e. The van der Waals surface area contributed by atoms with Gasteiger partial charge in [-0.3, -0.25) is 4.90 Å². The molecule has 0 unspecified atom stereocenters. The van der Waals surface area contributed by atoms with Gasteiger partial charge in [0, 0.05) is 37.8 Å². The Hall–Kier alpha value is -1.94. The fraction of sp³-hybridized carbons (Fsp3) is 0.474. The van der Waals surface area contributed by atoms with E-state index in [9.17, 15) is 0 Å². The molecule has 1 aromatic heterocycles. The predicted molar refractivity (Wildman–Crippen MR) is 94.6 cm³/mol. The van der Waals surface area contributed by atoms with Crippen molar-refractivity contribution in [3.05, 3.63) is 53.5 Å². The van der Waals surface area contributed by atoms with Gasteiger partial charge < -0.3 is 5.32 Å². The van der Waals surface area contributed by atoms with Crippen LogP contribution in [-0.2, 0) is 18.4 Å². The Bertz CT molecular complexity index is 660. The average molecular weight is 310 g/mol. The Balaban J connectivity index is 1.53. The van der Waals surface area contributed by atoms with Crippen molar-refractivity contribution in [3.8, 4) is 0 Å². The number of benzene rings is 1. The van der Waals surface area contributed by atoms with Gasteiger partial charge in [0.05, 0.1) is 0 Å². The topological polar surface area (TPSA) is 41.1 Å². The lowest BCUT2D eigenvalue weighted by Gasteiger charge is -2.28. The van der Waals surface area contributed by atoms with Crippen molar-refractivity contribution >= 4 is 5.82 Å². The average Bonchev–Trinajstić information content (AvgIpc) is 2.54. The van der Waals surface area contributed by atoms with Crippen molar-refractivity contribution in [2.24, 2.45) is 0 Å². The van der Waals surface area contributed by atoms with E-state index >= 15 is 0 Å². The number of fused-ring (bicyclic) bond motifs is 1. The van der Waals surface area contributed by atoms with Crippen molar-refractivity contribution in [2.45, 2.75) is 39.2 Å². The summed E-state index contributed by atoms with van der Waals surface area (Å²) in [5.74, 6) is 1.80. The van der Waals surface area contributed by atoms with Gasteiger partial charge in [-0.15, -0.1) is 0 Å². The highest BCUT2D eigenvalue weighted by Gasteiger charge is 2.18. The first-order chi connectivity index (χ1) is 11.0. The molecule has 1 aliphatic heterocycles. The molecule has 1 N–H and O–H groups in total. The maximum atomic E-state index is 4.62. The zero-order valence-corrected chi connectivity index (χ0v) is 14.3. The van der Waals surface area contributed by atoms with Gasteiger partial charge in [0.2, 0.25) is 0 Å². The molecular weight excluding hydrogens is 284 g/mol. The van der Waals surface area contributed by atoms with Gasteiger partial charge >= 0.3 is 0 Å². The minimum absolute atomic E-state index is 0.0196. The number of nitrogens with zero attached hydrogens (tertiary/aromatic N) is 3. The maximum absolute atomic E-state index is 4.62. The second kappa shape index (κ2) is 6.67. The summed E-state index contributed by atoms with van der Waals surface area (Å²) in [7, 11) is 0. The third kappa shape index (κ3) is 4.08. The van der Waals surface area contributed by atoms with E-state index in [0.29, 0.717) is 0 Å². The van der Waals surface area contributed by atoms with E-state index in [-0.39, 0.29) is 5.41 Å². The third-order valence-electron chi connectivity index (χ3n) is 4.27. The first-order valence-electron chi connectivity index (χ1n) is 8.39. The third-order valence-corrected chi connectivity index (χ3v) is 4.27. The smallest absolute Gasteiger partial charge is 0.135 e. The Morgan fingerprint density at radius 1 is 1.13 bits per heavy atom. The van der Waals surface area contributed by atoms with Crippen LogP contribution in [0.3, 0.4) is 0 Å². The lowest BCUT2D eigenvalue weighted by atomic mass is 9.96. The normalized spacial score (nSPS) is 15.3. The zero-order chi connectivity index (χ0) is 16.3. The molecule has 0 saturated carbocycles. The molecule has 1 aliphatic rings. The fourth-order valence-corrected chi connectivity index (χ4v) is 2.91. The molecule has 0 saturated heterocycles. The van der Waals surface area contributed by atoms with Crippen molar-refractivity contribution in [2.75, 3.05) is 25.0 Å². The molecule has 4 heteroatoms. The van der Waals surface area contributed by atoms with Crippen LogP contribution >= 0.6 is 0 Å². The summed E-state index contributed by atoms with van der Waals surface area (Å²) >= 11 is 0. The first-order valence-corrected chi connectivity index (χ1v) is 8.39. The van der Waals surface area contributed by atoms with Crippen LogP contribution in [0.1, 0.15) is 37.7 Å². The van der Waals surface area contributed by atoms with Crippen LogP contribution < -0.4 is 5.32 Å². The van der Waals surface area contributed by atoms with Crippen molar-refractivity contribution in [1.29, 1.82) is 0 Å². The molecule has 0 bridgehead atoms. The molecule has 1 aromatic carbocycles. The Kier molecular flexibility index (Phi) is 4.62. The number of hydrogen-bond donors (Lipinski definition) is 1. The van der Waals surface area contributed by atoms with E-state index < -0.39 is 0 Å². The molecular formula is C19H26N4. The summed E-state index contributed by atoms with van der Waals surface area (Å²) in [5, 5.41) is 3.44. The number of aromatic nitrogens is 2. The Morgan fingerprint density at radius 3 is 2.70 bits per heavy atom. The quantitative estimate of drug-likeness (QED) is 0.941. The van der Waals surface area contributed by atoms with Gasteiger partial charge in [-0.1, -0.05) is 45.0 Å². The molecule has 122 valence electrons. The van der Waals surface area contributed by atoms with E-state index in [1.54, 1.807) is 0 Å². The molecule has 0 amide bonds. The minimum atomic E-state index is -0.0196. The molecule has 2 heterocycles. The van der Waals surface area contributed by atoms with Gasteiger partial charge in [-0.05, 0) is 23.6 Å². The van der Waals surface area contributed by atoms with E-state index in [1.165, 1.54) is 11.1 Å². The SMILES string of the molecule is CC(C)(C)c1nccc(NCCN2CCc3ccccc3C2)n1. The van der Waals surface area contributed by atoms with Crippen LogP contribution in [0.25, 0.3) is 0 Å². The van der Waals surface area contributed by atoms with Crippen molar-refractivity contribution in [1.82, 2.24) is 14.9 Å². The van der Waals surface area contributed by atoms with E-state index in [1.807, 2.05) is 12.3 Å². The first kappa shape index (κ1) is 15.9. The van der Waals surface area contributed by atoms with Crippen LogP contribution in [0.5, 0.6) is 0 Å². The van der Waals surface area contributed by atoms with Gasteiger partial charge in [0.1, 0.15) is 11.6 Å². The molecule has 0 aliphatic carbocycles. The molecule has 4 nitrogen and oxygen atoms in total. The number of hydrogen-bond acceptors (Lipinski definition) is 4. The standard InChI is InChI=1S/C19H26N4/c1-19(2,3)18-21-10-8-17(22-18)20-11-13-23-12-9-15-6-4-5-7-16(15)14-23/h4-8,10H,9,11-14H2,1-3H3,(H,20,21,22). The number of rotatable bonds is 4. The second-order valence-corrected chi connectivity index (χ2v) is 7.24. The monoisotopic (exact) mass is 310 g/mol. The van der Waals surface area contributed by atoms with Crippen LogP contribution in [0.15, 0.2) is 36.5 Å². The van der Waals surface area contributed by atoms with Crippen molar-refractivity contribution in [3.63, 3.8) is 0 Å². The minimum Gasteiger partial charge on any atom is -0.369 e. The van der Waals surface area contributed by atoms with Gasteiger partial charge in [-0.25, -0.2) is 9.97 Å². The summed E-state index contributed by atoms with van der Waals surface area (Å²) in [6.07, 6.45) is 2.99. The second-order valence-electron chi connectivity index (χ2n) is 7.24. The highest BCUT2D eigenvalue weighted by atomic mass is 15.1. The highest BCUT2D eigenvalue weighted by Crippen LogP contribution is 2.19. The summed E-state index contributed by atoms with van der Waals surface area (Å²) in [4.78, 5) is 11.5. The molecule has 0 spiro atoms. The number of nitrogens with one attached hydrogen (secondary N) is 1. The summed E-state index contributed by atoms with van der Waals surface area (Å²) < 4.78 is 0. The molecule has 0 radical (unpaired) electrons. The molecule has 0 atom stereocenters. The summed E-state index contributed by atoms with van der Waals surface area (Å²) in [6, 6.07) is 10.7. The summed E-state index contributed by atoms with van der Waals surface area (Å²) in [6.45, 7) is 10.5. The number of anilines is 1. The lowest BCUT2D eigenvalue weighted by Crippen LogP contribution is -2.34. The Morgan fingerprint density at radius 2 is 1.91 bits per heavy atom. The highest BCUT2D eigenvalue weighted by molar-refractivity contribution is 5.34. The zero-order valence-electron chi connectivity index (χ0n) is 14.3. The van der Waals surface area contributed by atoms with E-state index in [2.05, 4.69) is 65.2 Å². The molecule has 2 aromatic rings. The predicted octanol–water partition coefficient (Wildman–Crippen LogP) is 3.24. The van der Waals surface area contributed by atoms with Crippen LogP contribution in [0.2, 0.25) is 0 Å². The fourth-order valence-electron chi connectivity index (χ4n) is 2.91. The summed E-state index contributed by atoms with van der Waals surface area (Å²) in [5.41, 5.74) is 2.95. The molecule has 0 fully saturated rings.